The van der Waals surface area contributed by atoms with Gasteiger partial charge in [-0.05, 0) is 50.6 Å². The molecule has 0 saturated carbocycles. The molecule has 0 saturated heterocycles. The normalized spacial score (nSPS) is 14.0. The third-order valence-electron chi connectivity index (χ3n) is 5.02. The predicted molar refractivity (Wildman–Crippen MR) is 108 cm³/mol. The Labute approximate surface area is 165 Å². The van der Waals surface area contributed by atoms with Crippen LogP contribution in [-0.2, 0) is 4.79 Å². The first-order chi connectivity index (χ1) is 13.4. The molecule has 6 heteroatoms. The molecule has 0 bridgehead atoms. The molecular formula is C22H25N3O3. The molecule has 3 amide bonds. The number of hydrogen-bond acceptors (Lipinski definition) is 4. The molecular weight excluding hydrogens is 354 g/mol. The zero-order chi connectivity index (χ0) is 20.3. The van der Waals surface area contributed by atoms with E-state index in [1.165, 1.54) is 5.56 Å². The van der Waals surface area contributed by atoms with Crippen molar-refractivity contribution < 1.29 is 14.4 Å². The number of carbonyl (C=O) groups excluding carboxylic acids is 3. The molecule has 0 aromatic heterocycles. The molecule has 1 aliphatic rings. The van der Waals surface area contributed by atoms with Crippen molar-refractivity contribution >= 4 is 23.4 Å². The Morgan fingerprint density at radius 2 is 1.71 bits per heavy atom. The largest absolute Gasteiger partial charge is 0.370 e. The fourth-order valence-electron chi connectivity index (χ4n) is 3.43. The predicted octanol–water partition coefficient (Wildman–Crippen LogP) is 2.62. The molecule has 1 unspecified atom stereocenters. The average Bonchev–Trinajstić information content (AvgIpc) is 2.95. The number of nitrogens with zero attached hydrogens (tertiary/aromatic N) is 2. The van der Waals surface area contributed by atoms with E-state index in [2.05, 4.69) is 23.2 Å². The molecule has 6 nitrogen and oxygen atoms in total. The molecule has 1 heterocycles. The lowest BCUT2D eigenvalue weighted by Crippen LogP contribution is -2.49. The van der Waals surface area contributed by atoms with Gasteiger partial charge in [-0.15, -0.1) is 0 Å². The quantitative estimate of drug-likeness (QED) is 0.751. The van der Waals surface area contributed by atoms with Gasteiger partial charge in [0.15, 0.2) is 0 Å². The molecule has 28 heavy (non-hydrogen) atoms. The van der Waals surface area contributed by atoms with Gasteiger partial charge in [-0.1, -0.05) is 24.3 Å². The number of anilines is 1. The number of benzene rings is 2. The Morgan fingerprint density at radius 1 is 1.07 bits per heavy atom. The zero-order valence-corrected chi connectivity index (χ0v) is 16.4. The van der Waals surface area contributed by atoms with Gasteiger partial charge >= 0.3 is 0 Å². The number of likely N-dealkylation sites (N-methyl/N-ethyl adjacent to an activating group) is 1. The van der Waals surface area contributed by atoms with E-state index >= 15 is 0 Å². The summed E-state index contributed by atoms with van der Waals surface area (Å²) >= 11 is 0. The van der Waals surface area contributed by atoms with Gasteiger partial charge in [-0.25, -0.2) is 0 Å². The summed E-state index contributed by atoms with van der Waals surface area (Å²) in [5.74, 6) is -1.17. The van der Waals surface area contributed by atoms with Crippen molar-refractivity contribution in [2.45, 2.75) is 26.8 Å². The minimum Gasteiger partial charge on any atom is -0.370 e. The van der Waals surface area contributed by atoms with Crippen LogP contribution in [0.15, 0.2) is 48.5 Å². The van der Waals surface area contributed by atoms with Crippen LogP contribution in [0.5, 0.6) is 0 Å². The minimum absolute atomic E-state index is 0.338. The highest BCUT2D eigenvalue weighted by Crippen LogP contribution is 2.24. The van der Waals surface area contributed by atoms with Crippen molar-refractivity contribution in [2.75, 3.05) is 24.5 Å². The van der Waals surface area contributed by atoms with Crippen LogP contribution in [0.4, 0.5) is 5.69 Å². The van der Waals surface area contributed by atoms with E-state index in [4.69, 9.17) is 0 Å². The minimum atomic E-state index is -0.860. The molecule has 146 valence electrons. The third-order valence-corrected chi connectivity index (χ3v) is 5.02. The highest BCUT2D eigenvalue weighted by Gasteiger charge is 2.40. The third kappa shape index (κ3) is 3.76. The summed E-state index contributed by atoms with van der Waals surface area (Å²) in [4.78, 5) is 40.8. The lowest BCUT2D eigenvalue weighted by molar-refractivity contribution is -0.124. The summed E-state index contributed by atoms with van der Waals surface area (Å²) in [6.45, 7) is 7.56. The van der Waals surface area contributed by atoms with E-state index < -0.39 is 17.9 Å². The van der Waals surface area contributed by atoms with E-state index in [-0.39, 0.29) is 5.91 Å². The first-order valence-electron chi connectivity index (χ1n) is 9.50. The summed E-state index contributed by atoms with van der Waals surface area (Å²) in [5.41, 5.74) is 2.98. The SMILES string of the molecule is CCN(CCNC(=O)C(C)N1C(=O)c2ccccc2C1=O)c1cccc(C)c1. The zero-order valence-electron chi connectivity index (χ0n) is 16.4. The molecule has 1 atom stereocenters. The number of nitrogens with one attached hydrogen (secondary N) is 1. The Kier molecular flexibility index (Phi) is 5.78. The summed E-state index contributed by atoms with van der Waals surface area (Å²) in [6.07, 6.45) is 0. The van der Waals surface area contributed by atoms with Gasteiger partial charge < -0.3 is 10.2 Å². The Morgan fingerprint density at radius 3 is 2.29 bits per heavy atom. The maximum Gasteiger partial charge on any atom is 0.262 e. The summed E-state index contributed by atoms with van der Waals surface area (Å²) in [5, 5.41) is 2.85. The van der Waals surface area contributed by atoms with Crippen molar-refractivity contribution in [1.29, 1.82) is 0 Å². The average molecular weight is 379 g/mol. The van der Waals surface area contributed by atoms with Crippen LogP contribution in [0.25, 0.3) is 0 Å². The van der Waals surface area contributed by atoms with E-state index in [0.29, 0.717) is 24.2 Å². The number of hydrogen-bond donors (Lipinski definition) is 1. The van der Waals surface area contributed by atoms with Crippen LogP contribution >= 0.6 is 0 Å². The van der Waals surface area contributed by atoms with Crippen LogP contribution in [0.1, 0.15) is 40.1 Å². The second kappa shape index (κ2) is 8.25. The fourth-order valence-corrected chi connectivity index (χ4v) is 3.43. The molecule has 2 aromatic rings. The van der Waals surface area contributed by atoms with Crippen LogP contribution in [0.2, 0.25) is 0 Å². The van der Waals surface area contributed by atoms with Gasteiger partial charge in [0.2, 0.25) is 5.91 Å². The van der Waals surface area contributed by atoms with Crippen molar-refractivity contribution in [3.63, 3.8) is 0 Å². The van der Waals surface area contributed by atoms with Crippen LogP contribution in [0.3, 0.4) is 0 Å². The van der Waals surface area contributed by atoms with Crippen LogP contribution in [-0.4, -0.2) is 48.3 Å². The Hall–Kier alpha value is -3.15. The molecule has 0 aliphatic carbocycles. The van der Waals surface area contributed by atoms with Gasteiger partial charge in [0.1, 0.15) is 6.04 Å². The number of imide groups is 1. The van der Waals surface area contributed by atoms with Gasteiger partial charge in [-0.2, -0.15) is 0 Å². The number of carbonyl (C=O) groups is 3. The maximum absolute atomic E-state index is 12.6. The Bertz CT molecular complexity index is 874. The molecule has 0 fully saturated rings. The van der Waals surface area contributed by atoms with E-state index in [0.717, 1.165) is 17.1 Å². The van der Waals surface area contributed by atoms with Crippen LogP contribution < -0.4 is 10.2 Å². The van der Waals surface area contributed by atoms with Crippen molar-refractivity contribution in [3.8, 4) is 0 Å². The van der Waals surface area contributed by atoms with Crippen molar-refractivity contribution in [1.82, 2.24) is 10.2 Å². The van der Waals surface area contributed by atoms with Gasteiger partial charge in [0.05, 0.1) is 11.1 Å². The smallest absolute Gasteiger partial charge is 0.262 e. The van der Waals surface area contributed by atoms with Crippen molar-refractivity contribution in [2.24, 2.45) is 0 Å². The summed E-state index contributed by atoms with van der Waals surface area (Å²) in [6, 6.07) is 14.0. The summed E-state index contributed by atoms with van der Waals surface area (Å²) in [7, 11) is 0. The fraction of sp³-hybridized carbons (Fsp3) is 0.318. The standard InChI is InChI=1S/C22H25N3O3/c1-4-24(17-9-7-8-15(2)14-17)13-12-23-20(26)16(3)25-21(27)18-10-5-6-11-19(18)22(25)28/h5-11,14,16H,4,12-13H2,1-3H3,(H,23,26). The highest BCUT2D eigenvalue weighted by atomic mass is 16.2. The van der Waals surface area contributed by atoms with E-state index in [9.17, 15) is 14.4 Å². The maximum atomic E-state index is 12.6. The number of fused-ring (bicyclic) bond motifs is 1. The van der Waals surface area contributed by atoms with Gasteiger partial charge in [-0.3, -0.25) is 19.3 Å². The van der Waals surface area contributed by atoms with Gasteiger partial charge in [0, 0.05) is 25.3 Å². The summed E-state index contributed by atoms with van der Waals surface area (Å²) < 4.78 is 0. The molecule has 1 N–H and O–H groups in total. The molecule has 0 spiro atoms. The number of aryl methyl sites for hydroxylation is 1. The monoisotopic (exact) mass is 379 g/mol. The molecule has 0 radical (unpaired) electrons. The lowest BCUT2D eigenvalue weighted by atomic mass is 10.1. The van der Waals surface area contributed by atoms with E-state index in [1.807, 2.05) is 25.1 Å². The molecule has 1 aliphatic heterocycles. The second-order valence-electron chi connectivity index (χ2n) is 6.91. The first-order valence-corrected chi connectivity index (χ1v) is 9.50. The number of amides is 3. The topological polar surface area (TPSA) is 69.7 Å². The van der Waals surface area contributed by atoms with Gasteiger partial charge in [0.25, 0.3) is 11.8 Å². The second-order valence-corrected chi connectivity index (χ2v) is 6.91. The first kappa shape index (κ1) is 19.6. The van der Waals surface area contributed by atoms with E-state index in [1.54, 1.807) is 31.2 Å². The molecule has 2 aromatic carbocycles. The van der Waals surface area contributed by atoms with Crippen LogP contribution in [0, 0.1) is 6.92 Å². The van der Waals surface area contributed by atoms with Crippen molar-refractivity contribution in [3.05, 3.63) is 65.2 Å². The Balaban J connectivity index is 1.59. The number of rotatable bonds is 7. The lowest BCUT2D eigenvalue weighted by Gasteiger charge is -2.25. The highest BCUT2D eigenvalue weighted by molar-refractivity contribution is 6.22. The molecule has 3 rings (SSSR count).